The van der Waals surface area contributed by atoms with Gasteiger partial charge in [0.15, 0.2) is 5.65 Å². The van der Waals surface area contributed by atoms with Gasteiger partial charge in [-0.2, -0.15) is 15.2 Å². The van der Waals surface area contributed by atoms with Crippen LogP contribution in [-0.4, -0.2) is 40.1 Å². The maximum atomic E-state index is 12.1. The summed E-state index contributed by atoms with van der Waals surface area (Å²) in [4.78, 5) is 16.5. The molecule has 0 saturated heterocycles. The van der Waals surface area contributed by atoms with E-state index >= 15 is 0 Å². The molecule has 0 fully saturated rings. The van der Waals surface area contributed by atoms with Crippen molar-refractivity contribution in [2.45, 2.75) is 26.9 Å². The van der Waals surface area contributed by atoms with Gasteiger partial charge in [-0.15, -0.1) is 5.10 Å². The van der Waals surface area contributed by atoms with E-state index in [2.05, 4.69) is 25.6 Å². The first-order chi connectivity index (χ1) is 12.6. The molecule has 0 unspecified atom stereocenters. The summed E-state index contributed by atoms with van der Waals surface area (Å²) in [5.74, 6) is 0.0355. The molecule has 4 aromatic heterocycles. The van der Waals surface area contributed by atoms with Crippen LogP contribution in [0.25, 0.3) is 16.9 Å². The van der Waals surface area contributed by atoms with Crippen molar-refractivity contribution in [1.82, 2.24) is 34.2 Å². The smallest absolute Gasteiger partial charge is 0.249 e. The van der Waals surface area contributed by atoms with Gasteiger partial charge in [0, 0.05) is 30.7 Å². The van der Waals surface area contributed by atoms with E-state index in [4.69, 9.17) is 0 Å². The average molecular weight is 350 g/mol. The Morgan fingerprint density at radius 2 is 2.08 bits per heavy atom. The maximum absolute atomic E-state index is 12.1. The minimum absolute atomic E-state index is 0.115. The van der Waals surface area contributed by atoms with Crippen molar-refractivity contribution in [3.8, 4) is 11.3 Å². The number of hydrogen-bond acceptors (Lipinski definition) is 5. The van der Waals surface area contributed by atoms with E-state index in [1.165, 1.54) is 0 Å². The molecule has 0 aliphatic heterocycles. The standard InChI is InChI=1S/C17H18N8O/c1-3-24-14(6-7-18-24)13-4-5-15-20-17(22-25(15)10-13)21-16(26)11-23-9-12(2)8-19-23/h4-10H,3,11H2,1-2H3,(H,21,22,26). The topological polar surface area (TPSA) is 94.9 Å². The van der Waals surface area contributed by atoms with E-state index < -0.39 is 0 Å². The summed E-state index contributed by atoms with van der Waals surface area (Å²) >= 11 is 0. The number of rotatable bonds is 5. The van der Waals surface area contributed by atoms with Gasteiger partial charge in [-0.1, -0.05) is 0 Å². The molecule has 132 valence electrons. The second kappa shape index (κ2) is 6.43. The molecule has 9 heteroatoms. The quantitative estimate of drug-likeness (QED) is 0.592. The second-order valence-electron chi connectivity index (χ2n) is 5.95. The molecule has 1 N–H and O–H groups in total. The Kier molecular flexibility index (Phi) is 3.96. The number of aryl methyl sites for hydroxylation is 2. The largest absolute Gasteiger partial charge is 0.292 e. The minimum Gasteiger partial charge on any atom is -0.292 e. The number of nitrogens with zero attached hydrogens (tertiary/aromatic N) is 7. The van der Waals surface area contributed by atoms with Crippen molar-refractivity contribution in [2.24, 2.45) is 0 Å². The molecule has 4 aromatic rings. The summed E-state index contributed by atoms with van der Waals surface area (Å²) in [6.45, 7) is 4.86. The molecule has 0 aromatic carbocycles. The van der Waals surface area contributed by atoms with Gasteiger partial charge in [-0.05, 0) is 37.6 Å². The Morgan fingerprint density at radius 1 is 1.19 bits per heavy atom. The molecule has 1 amide bonds. The highest BCUT2D eigenvalue weighted by atomic mass is 16.2. The van der Waals surface area contributed by atoms with Crippen LogP contribution < -0.4 is 5.32 Å². The van der Waals surface area contributed by atoms with Crippen molar-refractivity contribution in [3.63, 3.8) is 0 Å². The molecule has 0 spiro atoms. The SMILES string of the molecule is CCn1nccc1-c1ccc2nc(NC(=O)Cn3cc(C)cn3)nn2c1. The van der Waals surface area contributed by atoms with Crippen molar-refractivity contribution in [1.29, 1.82) is 0 Å². The Labute approximate surface area is 149 Å². The van der Waals surface area contributed by atoms with Gasteiger partial charge in [-0.3, -0.25) is 19.5 Å². The van der Waals surface area contributed by atoms with E-state index in [0.29, 0.717) is 5.65 Å². The van der Waals surface area contributed by atoms with Crippen LogP contribution in [0, 0.1) is 6.92 Å². The highest BCUT2D eigenvalue weighted by Gasteiger charge is 2.11. The predicted octanol–water partition coefficient (Wildman–Crippen LogP) is 1.76. The van der Waals surface area contributed by atoms with Crippen molar-refractivity contribution >= 4 is 17.5 Å². The third-order valence-electron chi connectivity index (χ3n) is 3.96. The third-order valence-corrected chi connectivity index (χ3v) is 3.96. The summed E-state index contributed by atoms with van der Waals surface area (Å²) in [7, 11) is 0. The van der Waals surface area contributed by atoms with Crippen LogP contribution in [0.15, 0.2) is 43.0 Å². The Balaban J connectivity index is 1.55. The fraction of sp³-hybridized carbons (Fsp3) is 0.235. The zero-order chi connectivity index (χ0) is 18.1. The van der Waals surface area contributed by atoms with Gasteiger partial charge < -0.3 is 0 Å². The molecule has 0 atom stereocenters. The molecule has 9 nitrogen and oxygen atoms in total. The number of amides is 1. The molecule has 0 radical (unpaired) electrons. The summed E-state index contributed by atoms with van der Waals surface area (Å²) in [6.07, 6.45) is 7.16. The van der Waals surface area contributed by atoms with Gasteiger partial charge in [0.1, 0.15) is 6.54 Å². The predicted molar refractivity (Wildman–Crippen MR) is 95.5 cm³/mol. The molecular formula is C17H18N8O. The van der Waals surface area contributed by atoms with Crippen LogP contribution in [0.1, 0.15) is 12.5 Å². The van der Waals surface area contributed by atoms with Crippen molar-refractivity contribution in [2.75, 3.05) is 5.32 Å². The van der Waals surface area contributed by atoms with E-state index in [1.807, 2.05) is 42.9 Å². The van der Waals surface area contributed by atoms with Crippen LogP contribution in [0.4, 0.5) is 5.95 Å². The van der Waals surface area contributed by atoms with E-state index in [-0.39, 0.29) is 18.4 Å². The highest BCUT2D eigenvalue weighted by Crippen LogP contribution is 2.19. The number of carbonyl (C=O) groups is 1. The summed E-state index contributed by atoms with van der Waals surface area (Å²) in [5, 5.41) is 15.4. The van der Waals surface area contributed by atoms with Gasteiger partial charge in [0.2, 0.25) is 11.9 Å². The lowest BCUT2D eigenvalue weighted by atomic mass is 10.2. The van der Waals surface area contributed by atoms with Crippen LogP contribution in [-0.2, 0) is 17.9 Å². The Bertz CT molecular complexity index is 1070. The third kappa shape index (κ3) is 3.06. The second-order valence-corrected chi connectivity index (χ2v) is 5.95. The minimum atomic E-state index is -0.228. The maximum Gasteiger partial charge on any atom is 0.249 e. The van der Waals surface area contributed by atoms with E-state index in [0.717, 1.165) is 23.4 Å². The lowest BCUT2D eigenvalue weighted by Gasteiger charge is -2.04. The van der Waals surface area contributed by atoms with Crippen LogP contribution in [0.5, 0.6) is 0 Å². The molecule has 0 bridgehead atoms. The van der Waals surface area contributed by atoms with Gasteiger partial charge in [-0.25, -0.2) is 4.52 Å². The van der Waals surface area contributed by atoms with Crippen LogP contribution in [0.2, 0.25) is 0 Å². The number of carbonyl (C=O) groups excluding carboxylic acids is 1. The molecule has 0 aliphatic carbocycles. The highest BCUT2D eigenvalue weighted by molar-refractivity contribution is 5.88. The Morgan fingerprint density at radius 3 is 2.85 bits per heavy atom. The van der Waals surface area contributed by atoms with Crippen molar-refractivity contribution < 1.29 is 4.79 Å². The Hall–Kier alpha value is -3.49. The first kappa shape index (κ1) is 16.0. The normalized spacial score (nSPS) is 11.2. The molecule has 0 saturated carbocycles. The average Bonchev–Trinajstić information content (AvgIpc) is 3.32. The summed E-state index contributed by atoms with van der Waals surface area (Å²) in [5.41, 5.74) is 3.64. The monoisotopic (exact) mass is 350 g/mol. The number of hydrogen-bond donors (Lipinski definition) is 1. The number of aromatic nitrogens is 7. The lowest BCUT2D eigenvalue weighted by molar-refractivity contribution is -0.116. The van der Waals surface area contributed by atoms with E-state index in [1.54, 1.807) is 27.8 Å². The number of anilines is 1. The molecule has 4 heterocycles. The molecule has 26 heavy (non-hydrogen) atoms. The first-order valence-electron chi connectivity index (χ1n) is 8.30. The van der Waals surface area contributed by atoms with Gasteiger partial charge >= 0.3 is 0 Å². The van der Waals surface area contributed by atoms with Crippen LogP contribution >= 0.6 is 0 Å². The summed E-state index contributed by atoms with van der Waals surface area (Å²) in [6, 6.07) is 5.78. The first-order valence-corrected chi connectivity index (χ1v) is 8.30. The zero-order valence-corrected chi connectivity index (χ0v) is 14.5. The molecule has 4 rings (SSSR count). The zero-order valence-electron chi connectivity index (χ0n) is 14.5. The number of nitrogens with one attached hydrogen (secondary N) is 1. The lowest BCUT2D eigenvalue weighted by Crippen LogP contribution is -2.19. The molecule has 0 aliphatic rings. The number of fused-ring (bicyclic) bond motifs is 1. The number of pyridine rings is 1. The van der Waals surface area contributed by atoms with Crippen LogP contribution in [0.3, 0.4) is 0 Å². The molecular weight excluding hydrogens is 332 g/mol. The van der Waals surface area contributed by atoms with Gasteiger partial charge in [0.25, 0.3) is 0 Å². The fourth-order valence-corrected chi connectivity index (χ4v) is 2.78. The fourth-order valence-electron chi connectivity index (χ4n) is 2.78. The van der Waals surface area contributed by atoms with E-state index in [9.17, 15) is 4.79 Å². The van der Waals surface area contributed by atoms with Crippen molar-refractivity contribution in [3.05, 3.63) is 48.5 Å². The van der Waals surface area contributed by atoms with Gasteiger partial charge in [0.05, 0.1) is 11.9 Å². The summed E-state index contributed by atoms with van der Waals surface area (Å²) < 4.78 is 5.13.